The number of hydrogen-bond donors (Lipinski definition) is 1. The summed E-state index contributed by atoms with van der Waals surface area (Å²) >= 11 is 0. The first-order chi connectivity index (χ1) is 9.16. The molecule has 2 aromatic rings. The minimum atomic E-state index is -0.421. The van der Waals surface area contributed by atoms with Crippen molar-refractivity contribution in [2.45, 2.75) is 18.9 Å². The van der Waals surface area contributed by atoms with Crippen LogP contribution in [0.5, 0.6) is 0 Å². The van der Waals surface area contributed by atoms with Gasteiger partial charge < -0.3 is 9.73 Å². The quantitative estimate of drug-likeness (QED) is 0.825. The number of piperidine rings is 1. The van der Waals surface area contributed by atoms with E-state index in [4.69, 9.17) is 4.42 Å². The van der Waals surface area contributed by atoms with E-state index in [1.807, 2.05) is 0 Å². The second kappa shape index (κ2) is 4.38. The number of pyridine rings is 1. The Labute approximate surface area is 109 Å². The molecule has 0 aromatic carbocycles. The lowest BCUT2D eigenvalue weighted by molar-refractivity contribution is -0.146. The van der Waals surface area contributed by atoms with Gasteiger partial charge >= 0.3 is 0 Å². The maximum absolute atomic E-state index is 12.0. The summed E-state index contributed by atoms with van der Waals surface area (Å²) in [6.45, 7) is 0. The smallest absolute Gasteiger partial charge is 0.251 e. The Morgan fingerprint density at radius 3 is 3.11 bits per heavy atom. The standard InChI is InChI=1S/C13H13N3O3/c1-16-11(17)3-2-9(13(16)18)15-12-8-5-7-19-10(8)4-6-14-12/h4-7,9H,2-3H2,1H3,(H,14,15). The lowest BCUT2D eigenvalue weighted by atomic mass is 10.0. The van der Waals surface area contributed by atoms with Gasteiger partial charge in [0.05, 0.1) is 11.6 Å². The Hall–Kier alpha value is -2.37. The number of nitrogens with zero attached hydrogens (tertiary/aromatic N) is 2. The van der Waals surface area contributed by atoms with E-state index >= 15 is 0 Å². The van der Waals surface area contributed by atoms with Gasteiger partial charge in [-0.2, -0.15) is 0 Å². The first-order valence-corrected chi connectivity index (χ1v) is 6.06. The zero-order chi connectivity index (χ0) is 13.4. The highest BCUT2D eigenvalue weighted by Crippen LogP contribution is 2.24. The molecule has 0 saturated carbocycles. The predicted octanol–water partition coefficient (Wildman–Crippen LogP) is 1.39. The molecule has 2 amide bonds. The second-order valence-corrected chi connectivity index (χ2v) is 4.52. The molecule has 1 fully saturated rings. The second-order valence-electron chi connectivity index (χ2n) is 4.52. The number of imide groups is 1. The molecule has 3 heterocycles. The number of amides is 2. The first kappa shape index (κ1) is 11.7. The topological polar surface area (TPSA) is 75.4 Å². The number of carbonyl (C=O) groups excluding carboxylic acids is 2. The van der Waals surface area contributed by atoms with Gasteiger partial charge in [-0.25, -0.2) is 4.98 Å². The van der Waals surface area contributed by atoms with Gasteiger partial charge in [-0.3, -0.25) is 14.5 Å². The van der Waals surface area contributed by atoms with Crippen LogP contribution in [0.4, 0.5) is 5.82 Å². The summed E-state index contributed by atoms with van der Waals surface area (Å²) in [5.41, 5.74) is 0.713. The van der Waals surface area contributed by atoms with Crippen LogP contribution < -0.4 is 5.32 Å². The maximum Gasteiger partial charge on any atom is 0.251 e. The Bertz CT molecular complexity index is 649. The van der Waals surface area contributed by atoms with Crippen LogP contribution in [-0.2, 0) is 9.59 Å². The van der Waals surface area contributed by atoms with Crippen LogP contribution in [-0.4, -0.2) is 34.8 Å². The van der Waals surface area contributed by atoms with Crippen LogP contribution in [0.3, 0.4) is 0 Å². The molecule has 19 heavy (non-hydrogen) atoms. The Morgan fingerprint density at radius 1 is 1.42 bits per heavy atom. The van der Waals surface area contributed by atoms with Crippen molar-refractivity contribution in [1.29, 1.82) is 0 Å². The number of nitrogens with one attached hydrogen (secondary N) is 1. The summed E-state index contributed by atoms with van der Waals surface area (Å²) in [5, 5.41) is 3.92. The molecule has 0 spiro atoms. The number of furan rings is 1. The van der Waals surface area contributed by atoms with Crippen molar-refractivity contribution in [2.75, 3.05) is 12.4 Å². The minimum Gasteiger partial charge on any atom is -0.464 e. The van der Waals surface area contributed by atoms with Gasteiger partial charge in [0.25, 0.3) is 5.91 Å². The average Bonchev–Trinajstić information content (AvgIpc) is 2.89. The largest absolute Gasteiger partial charge is 0.464 e. The summed E-state index contributed by atoms with van der Waals surface area (Å²) in [4.78, 5) is 28.8. The molecule has 0 aliphatic carbocycles. The van der Waals surface area contributed by atoms with Crippen molar-refractivity contribution in [3.8, 4) is 0 Å². The Kier molecular flexibility index (Phi) is 2.70. The molecule has 1 aliphatic heterocycles. The monoisotopic (exact) mass is 259 g/mol. The number of aromatic nitrogens is 1. The zero-order valence-corrected chi connectivity index (χ0v) is 10.4. The van der Waals surface area contributed by atoms with Gasteiger partial charge in [0.1, 0.15) is 17.4 Å². The molecule has 0 radical (unpaired) electrons. The van der Waals surface area contributed by atoms with E-state index < -0.39 is 6.04 Å². The minimum absolute atomic E-state index is 0.141. The van der Waals surface area contributed by atoms with E-state index in [9.17, 15) is 9.59 Å². The fraction of sp³-hybridized carbons (Fsp3) is 0.308. The van der Waals surface area contributed by atoms with Crippen molar-refractivity contribution < 1.29 is 14.0 Å². The molecular formula is C13H13N3O3. The zero-order valence-electron chi connectivity index (χ0n) is 10.4. The lowest BCUT2D eigenvalue weighted by Gasteiger charge is -2.28. The average molecular weight is 259 g/mol. The molecule has 98 valence electrons. The molecule has 1 unspecified atom stereocenters. The summed E-state index contributed by atoms with van der Waals surface area (Å²) in [7, 11) is 1.50. The molecule has 1 N–H and O–H groups in total. The maximum atomic E-state index is 12.0. The molecule has 1 atom stereocenters. The van der Waals surface area contributed by atoms with Crippen molar-refractivity contribution in [2.24, 2.45) is 0 Å². The molecule has 6 heteroatoms. The van der Waals surface area contributed by atoms with Crippen LogP contribution in [0.1, 0.15) is 12.8 Å². The van der Waals surface area contributed by atoms with Crippen LogP contribution in [0.2, 0.25) is 0 Å². The SMILES string of the molecule is CN1C(=O)CCC(Nc2nccc3occc23)C1=O. The van der Waals surface area contributed by atoms with Gasteiger partial charge in [-0.05, 0) is 18.6 Å². The number of likely N-dealkylation sites (tertiary alicyclic amines) is 1. The van der Waals surface area contributed by atoms with E-state index in [0.717, 1.165) is 10.3 Å². The van der Waals surface area contributed by atoms with E-state index in [1.54, 1.807) is 24.6 Å². The third-order valence-electron chi connectivity index (χ3n) is 3.34. The van der Waals surface area contributed by atoms with Crippen molar-refractivity contribution >= 4 is 28.6 Å². The van der Waals surface area contributed by atoms with Crippen LogP contribution in [0, 0.1) is 0 Å². The highest BCUT2D eigenvalue weighted by molar-refractivity contribution is 6.02. The number of rotatable bonds is 2. The normalized spacial score (nSPS) is 20.1. The van der Waals surface area contributed by atoms with Crippen molar-refractivity contribution in [1.82, 2.24) is 9.88 Å². The molecule has 0 bridgehead atoms. The van der Waals surface area contributed by atoms with Crippen molar-refractivity contribution in [3.63, 3.8) is 0 Å². The number of anilines is 1. The third-order valence-corrected chi connectivity index (χ3v) is 3.34. The van der Waals surface area contributed by atoms with Crippen LogP contribution in [0.25, 0.3) is 11.0 Å². The van der Waals surface area contributed by atoms with E-state index in [2.05, 4.69) is 10.3 Å². The molecule has 1 aliphatic rings. The van der Waals surface area contributed by atoms with Gasteiger partial charge in [0.15, 0.2) is 0 Å². The number of likely N-dealkylation sites (N-methyl/N-ethyl adjacent to an activating group) is 1. The van der Waals surface area contributed by atoms with E-state index in [1.165, 1.54) is 7.05 Å². The summed E-state index contributed by atoms with van der Waals surface area (Å²) < 4.78 is 5.28. The summed E-state index contributed by atoms with van der Waals surface area (Å²) in [5.74, 6) is 0.239. The van der Waals surface area contributed by atoms with Gasteiger partial charge in [-0.1, -0.05) is 0 Å². The number of hydrogen-bond acceptors (Lipinski definition) is 5. The molecule has 1 saturated heterocycles. The predicted molar refractivity (Wildman–Crippen MR) is 68.4 cm³/mol. The first-order valence-electron chi connectivity index (χ1n) is 6.06. The molecule has 2 aromatic heterocycles. The molecule has 6 nitrogen and oxygen atoms in total. The van der Waals surface area contributed by atoms with E-state index in [-0.39, 0.29) is 11.8 Å². The fourth-order valence-corrected chi connectivity index (χ4v) is 2.22. The number of fused-ring (bicyclic) bond motifs is 1. The lowest BCUT2D eigenvalue weighted by Crippen LogP contribution is -2.48. The number of carbonyl (C=O) groups is 2. The summed E-state index contributed by atoms with van der Waals surface area (Å²) in [6, 6.07) is 3.14. The van der Waals surface area contributed by atoms with Gasteiger partial charge in [0, 0.05) is 19.7 Å². The fourth-order valence-electron chi connectivity index (χ4n) is 2.22. The highest BCUT2D eigenvalue weighted by Gasteiger charge is 2.32. The Morgan fingerprint density at radius 2 is 2.26 bits per heavy atom. The van der Waals surface area contributed by atoms with Crippen LogP contribution >= 0.6 is 0 Å². The third kappa shape index (κ3) is 1.95. The van der Waals surface area contributed by atoms with E-state index in [0.29, 0.717) is 24.2 Å². The van der Waals surface area contributed by atoms with Crippen molar-refractivity contribution in [3.05, 3.63) is 24.6 Å². The summed E-state index contributed by atoms with van der Waals surface area (Å²) in [6.07, 6.45) is 4.05. The van der Waals surface area contributed by atoms with Gasteiger partial charge in [-0.15, -0.1) is 0 Å². The van der Waals surface area contributed by atoms with Crippen LogP contribution in [0.15, 0.2) is 29.0 Å². The molecule has 3 rings (SSSR count). The molecular weight excluding hydrogens is 246 g/mol. The Balaban J connectivity index is 1.87. The van der Waals surface area contributed by atoms with Gasteiger partial charge in [0.2, 0.25) is 5.91 Å². The highest BCUT2D eigenvalue weighted by atomic mass is 16.3.